The van der Waals surface area contributed by atoms with Crippen molar-refractivity contribution in [3.8, 4) is 0 Å². The van der Waals surface area contributed by atoms with Crippen LogP contribution in [0.25, 0.3) is 0 Å². The summed E-state index contributed by atoms with van der Waals surface area (Å²) in [5.41, 5.74) is 0.987. The van der Waals surface area contributed by atoms with Crippen molar-refractivity contribution in [1.29, 1.82) is 0 Å². The molecule has 1 amide bonds. The summed E-state index contributed by atoms with van der Waals surface area (Å²) in [7, 11) is 0. The van der Waals surface area contributed by atoms with E-state index >= 15 is 0 Å². The summed E-state index contributed by atoms with van der Waals surface area (Å²) >= 11 is 0. The van der Waals surface area contributed by atoms with E-state index < -0.39 is 0 Å². The molecule has 2 unspecified atom stereocenters. The van der Waals surface area contributed by atoms with Gasteiger partial charge in [0.15, 0.2) is 0 Å². The maximum Gasteiger partial charge on any atom is 0.220 e. The number of hydrogen-bond donors (Lipinski definition) is 2. The number of amides is 1. The first-order chi connectivity index (χ1) is 13.0. The Kier molecular flexibility index (Phi) is 7.30. The largest absolute Gasteiger partial charge is 0.444 e. The zero-order valence-corrected chi connectivity index (χ0v) is 17.2. The second-order valence-corrected chi connectivity index (χ2v) is 8.56. The summed E-state index contributed by atoms with van der Waals surface area (Å²) < 4.78 is 5.70. The van der Waals surface area contributed by atoms with Gasteiger partial charge in [0.05, 0.1) is 12.2 Å². The number of aryl methyl sites for hydroxylation is 2. The number of piperidine rings is 2. The number of nitrogens with zero attached hydrogens (tertiary/aromatic N) is 2. The summed E-state index contributed by atoms with van der Waals surface area (Å²) in [6, 6.07) is 0. The minimum atomic E-state index is 0.223. The molecule has 0 aliphatic carbocycles. The smallest absolute Gasteiger partial charge is 0.220 e. The zero-order valence-electron chi connectivity index (χ0n) is 17.2. The van der Waals surface area contributed by atoms with Crippen LogP contribution in [0.5, 0.6) is 0 Å². The Morgan fingerprint density at radius 1 is 1.33 bits per heavy atom. The molecule has 0 spiro atoms. The van der Waals surface area contributed by atoms with Crippen LogP contribution in [0.4, 0.5) is 0 Å². The van der Waals surface area contributed by atoms with Crippen LogP contribution in [0.1, 0.15) is 56.4 Å². The fourth-order valence-electron chi connectivity index (χ4n) is 4.30. The van der Waals surface area contributed by atoms with Gasteiger partial charge in [0.25, 0.3) is 0 Å². The first kappa shape index (κ1) is 20.3. The Morgan fingerprint density at radius 2 is 2.11 bits per heavy atom. The molecule has 152 valence electrons. The van der Waals surface area contributed by atoms with Crippen LogP contribution >= 0.6 is 0 Å². The van der Waals surface area contributed by atoms with E-state index in [4.69, 9.17) is 4.42 Å². The molecule has 0 aromatic carbocycles. The van der Waals surface area contributed by atoms with Gasteiger partial charge in [-0.2, -0.15) is 0 Å². The lowest BCUT2D eigenvalue weighted by molar-refractivity contribution is -0.122. The Morgan fingerprint density at radius 3 is 2.74 bits per heavy atom. The molecule has 1 aromatic rings. The van der Waals surface area contributed by atoms with E-state index in [9.17, 15) is 4.79 Å². The lowest BCUT2D eigenvalue weighted by Crippen LogP contribution is -2.39. The molecule has 2 atom stereocenters. The fraction of sp³-hybridized carbons (Fsp3) is 0.810. The quantitative estimate of drug-likeness (QED) is 0.766. The number of carbonyl (C=O) groups is 1. The molecular formula is C21H36N4O2. The average Bonchev–Trinajstić information content (AvgIpc) is 2.99. The van der Waals surface area contributed by atoms with Gasteiger partial charge in [-0.25, -0.2) is 4.98 Å². The highest BCUT2D eigenvalue weighted by Gasteiger charge is 2.24. The summed E-state index contributed by atoms with van der Waals surface area (Å²) in [5, 5.41) is 6.64. The molecule has 0 radical (unpaired) electrons. The highest BCUT2D eigenvalue weighted by Crippen LogP contribution is 2.23. The van der Waals surface area contributed by atoms with Gasteiger partial charge in [0, 0.05) is 13.0 Å². The number of oxazole rings is 1. The SMILES string of the molecule is Cc1nc(CN2CCC(CNC(=O)CC(C)C3CCCNC3)CC2)oc1C. The highest BCUT2D eigenvalue weighted by atomic mass is 16.4. The topological polar surface area (TPSA) is 70.4 Å². The average molecular weight is 377 g/mol. The zero-order chi connectivity index (χ0) is 19.2. The predicted octanol–water partition coefficient (Wildman–Crippen LogP) is 2.65. The van der Waals surface area contributed by atoms with Crippen LogP contribution in [0.3, 0.4) is 0 Å². The molecule has 2 aliphatic heterocycles. The molecule has 3 heterocycles. The number of nitrogens with one attached hydrogen (secondary N) is 2. The van der Waals surface area contributed by atoms with Gasteiger partial charge in [-0.3, -0.25) is 9.69 Å². The van der Waals surface area contributed by atoms with Crippen LogP contribution in [-0.4, -0.2) is 48.5 Å². The number of hydrogen-bond acceptors (Lipinski definition) is 5. The van der Waals surface area contributed by atoms with Crippen molar-refractivity contribution in [2.75, 3.05) is 32.7 Å². The van der Waals surface area contributed by atoms with Gasteiger partial charge in [-0.15, -0.1) is 0 Å². The standard InChI is InChI=1S/C21H36N4O2/c1-15(19-5-4-8-22-13-19)11-20(26)23-12-18-6-9-25(10-7-18)14-21-24-16(2)17(3)27-21/h15,18-19,22H,4-14H2,1-3H3,(H,23,26). The Balaban J connectivity index is 1.32. The van der Waals surface area contributed by atoms with Gasteiger partial charge in [0.2, 0.25) is 11.8 Å². The number of likely N-dealkylation sites (tertiary alicyclic amines) is 1. The second kappa shape index (κ2) is 9.69. The van der Waals surface area contributed by atoms with Gasteiger partial charge in [0.1, 0.15) is 5.76 Å². The minimum Gasteiger partial charge on any atom is -0.444 e. The molecule has 1 aromatic heterocycles. The molecule has 6 nitrogen and oxygen atoms in total. The van der Waals surface area contributed by atoms with E-state index in [0.29, 0.717) is 24.2 Å². The highest BCUT2D eigenvalue weighted by molar-refractivity contribution is 5.76. The fourth-order valence-corrected chi connectivity index (χ4v) is 4.30. The van der Waals surface area contributed by atoms with E-state index in [1.54, 1.807) is 0 Å². The molecule has 2 fully saturated rings. The van der Waals surface area contributed by atoms with Crippen LogP contribution in [-0.2, 0) is 11.3 Å². The van der Waals surface area contributed by atoms with Gasteiger partial charge >= 0.3 is 0 Å². The first-order valence-electron chi connectivity index (χ1n) is 10.6. The van der Waals surface area contributed by atoms with Crippen molar-refractivity contribution in [1.82, 2.24) is 20.5 Å². The summed E-state index contributed by atoms with van der Waals surface area (Å²) in [4.78, 5) is 19.2. The van der Waals surface area contributed by atoms with Crippen molar-refractivity contribution in [2.24, 2.45) is 17.8 Å². The van der Waals surface area contributed by atoms with E-state index in [0.717, 1.165) is 69.5 Å². The third kappa shape index (κ3) is 6.04. The molecule has 0 bridgehead atoms. The lowest BCUT2D eigenvalue weighted by Gasteiger charge is -2.31. The maximum atomic E-state index is 12.3. The molecule has 2 saturated heterocycles. The lowest BCUT2D eigenvalue weighted by atomic mass is 9.85. The van der Waals surface area contributed by atoms with Crippen LogP contribution in [0.15, 0.2) is 4.42 Å². The van der Waals surface area contributed by atoms with E-state index in [2.05, 4.69) is 27.4 Å². The van der Waals surface area contributed by atoms with Crippen molar-refractivity contribution < 1.29 is 9.21 Å². The van der Waals surface area contributed by atoms with Gasteiger partial charge in [-0.1, -0.05) is 6.92 Å². The van der Waals surface area contributed by atoms with Crippen LogP contribution in [0.2, 0.25) is 0 Å². The minimum absolute atomic E-state index is 0.223. The number of rotatable bonds is 7. The van der Waals surface area contributed by atoms with Gasteiger partial charge in [-0.05, 0) is 83.5 Å². The Labute approximate surface area is 163 Å². The molecule has 27 heavy (non-hydrogen) atoms. The molecule has 2 N–H and O–H groups in total. The molecule has 2 aliphatic rings. The predicted molar refractivity (Wildman–Crippen MR) is 106 cm³/mol. The monoisotopic (exact) mass is 376 g/mol. The second-order valence-electron chi connectivity index (χ2n) is 8.56. The van der Waals surface area contributed by atoms with Crippen LogP contribution < -0.4 is 10.6 Å². The number of carbonyl (C=O) groups excluding carboxylic acids is 1. The van der Waals surface area contributed by atoms with E-state index in [1.165, 1.54) is 12.8 Å². The third-order valence-corrected chi connectivity index (χ3v) is 6.37. The Hall–Kier alpha value is -1.40. The van der Waals surface area contributed by atoms with Crippen molar-refractivity contribution in [3.05, 3.63) is 17.3 Å². The van der Waals surface area contributed by atoms with Crippen molar-refractivity contribution >= 4 is 5.91 Å². The van der Waals surface area contributed by atoms with E-state index in [-0.39, 0.29) is 5.91 Å². The van der Waals surface area contributed by atoms with Crippen LogP contribution in [0, 0.1) is 31.6 Å². The molecule has 0 saturated carbocycles. The molecule has 3 rings (SSSR count). The normalized spacial score (nSPS) is 23.3. The van der Waals surface area contributed by atoms with Crippen molar-refractivity contribution in [3.63, 3.8) is 0 Å². The third-order valence-electron chi connectivity index (χ3n) is 6.37. The first-order valence-corrected chi connectivity index (χ1v) is 10.6. The summed E-state index contributed by atoms with van der Waals surface area (Å²) in [6.45, 7) is 12.1. The molecular weight excluding hydrogens is 340 g/mol. The number of aromatic nitrogens is 1. The summed E-state index contributed by atoms with van der Waals surface area (Å²) in [6.07, 6.45) is 5.40. The van der Waals surface area contributed by atoms with Crippen molar-refractivity contribution in [2.45, 2.75) is 59.4 Å². The maximum absolute atomic E-state index is 12.3. The van der Waals surface area contributed by atoms with E-state index in [1.807, 2.05) is 13.8 Å². The summed E-state index contributed by atoms with van der Waals surface area (Å²) in [5.74, 6) is 3.66. The van der Waals surface area contributed by atoms with Gasteiger partial charge < -0.3 is 15.1 Å². The Bertz CT molecular complexity index is 582. The molecule has 6 heteroatoms.